The van der Waals surface area contributed by atoms with Crippen molar-refractivity contribution in [3.05, 3.63) is 76.5 Å². The Balaban J connectivity index is 1.42. The first-order valence-corrected chi connectivity index (χ1v) is 12.4. The number of aromatic nitrogens is 2. The normalized spacial score (nSPS) is 13.6. The van der Waals surface area contributed by atoms with E-state index in [0.717, 1.165) is 17.5 Å². The van der Waals surface area contributed by atoms with Crippen molar-refractivity contribution < 1.29 is 17.6 Å². The fourth-order valence-corrected chi connectivity index (χ4v) is 4.18. The van der Waals surface area contributed by atoms with Crippen LogP contribution in [0.3, 0.4) is 0 Å². The van der Waals surface area contributed by atoms with Crippen LogP contribution < -0.4 is 10.7 Å². The second-order valence-corrected chi connectivity index (χ2v) is 10.0. The van der Waals surface area contributed by atoms with Gasteiger partial charge in [0.25, 0.3) is 0 Å². The molecule has 0 aliphatic carbocycles. The molecule has 0 saturated heterocycles. The van der Waals surface area contributed by atoms with Gasteiger partial charge in [0, 0.05) is 30.5 Å². The number of nitrogens with zero attached hydrogens (tertiary/aromatic N) is 4. The van der Waals surface area contributed by atoms with Gasteiger partial charge in [0.05, 0.1) is 28.4 Å². The summed E-state index contributed by atoms with van der Waals surface area (Å²) in [4.78, 5) is 23.0. The second kappa shape index (κ2) is 9.74. The lowest BCUT2D eigenvalue weighted by Crippen LogP contribution is -2.41. The van der Waals surface area contributed by atoms with Crippen LogP contribution in [0.2, 0.25) is 5.02 Å². The molecule has 2 aromatic carbocycles. The molecule has 4 rings (SSSR count). The fraction of sp³-hybridized carbons (Fsp3) is 0.182. The van der Waals surface area contributed by atoms with Crippen LogP contribution in [0.4, 0.5) is 20.7 Å². The highest BCUT2D eigenvalue weighted by atomic mass is 35.5. The topological polar surface area (TPSA) is 117 Å². The minimum Gasteiger partial charge on any atom is -0.340 e. The van der Waals surface area contributed by atoms with Crippen LogP contribution in [-0.4, -0.2) is 48.3 Å². The van der Waals surface area contributed by atoms with E-state index >= 15 is 0 Å². The zero-order valence-corrected chi connectivity index (χ0v) is 19.6. The third-order valence-electron chi connectivity index (χ3n) is 5.15. The predicted molar refractivity (Wildman–Crippen MR) is 127 cm³/mol. The van der Waals surface area contributed by atoms with Crippen LogP contribution in [0.5, 0.6) is 0 Å². The van der Waals surface area contributed by atoms with Crippen molar-refractivity contribution >= 4 is 45.2 Å². The Morgan fingerprint density at radius 3 is 2.68 bits per heavy atom. The van der Waals surface area contributed by atoms with E-state index in [9.17, 15) is 17.6 Å². The third-order valence-corrected chi connectivity index (χ3v) is 6.57. The van der Waals surface area contributed by atoms with E-state index in [-0.39, 0.29) is 16.5 Å². The van der Waals surface area contributed by atoms with Crippen molar-refractivity contribution in [1.82, 2.24) is 20.3 Å². The van der Waals surface area contributed by atoms with Crippen molar-refractivity contribution in [2.24, 2.45) is 5.10 Å². The van der Waals surface area contributed by atoms with Crippen LogP contribution in [0.1, 0.15) is 16.8 Å². The smallest absolute Gasteiger partial charge is 0.338 e. The molecule has 0 radical (unpaired) electrons. The number of hydrogen-bond donors (Lipinski definition) is 2. The van der Waals surface area contributed by atoms with Crippen molar-refractivity contribution in [3.63, 3.8) is 0 Å². The summed E-state index contributed by atoms with van der Waals surface area (Å²) in [7, 11) is -3.28. The number of halogens is 2. The lowest BCUT2D eigenvalue weighted by molar-refractivity contribution is 0.192. The maximum atomic E-state index is 13.5. The van der Waals surface area contributed by atoms with E-state index in [4.69, 9.17) is 11.6 Å². The van der Waals surface area contributed by atoms with Gasteiger partial charge in [-0.05, 0) is 35.9 Å². The summed E-state index contributed by atoms with van der Waals surface area (Å²) in [5.74, 6) is -0.0219. The average molecular weight is 503 g/mol. The molecule has 1 aromatic heterocycles. The molecule has 1 aliphatic rings. The Hall–Kier alpha value is -3.57. The molecule has 0 unspecified atom stereocenters. The molecule has 0 fully saturated rings. The highest BCUT2D eigenvalue weighted by molar-refractivity contribution is 7.90. The van der Waals surface area contributed by atoms with Gasteiger partial charge >= 0.3 is 6.03 Å². The molecule has 1 aliphatic heterocycles. The van der Waals surface area contributed by atoms with E-state index in [0.29, 0.717) is 30.0 Å². The van der Waals surface area contributed by atoms with Crippen LogP contribution in [0, 0.1) is 5.82 Å². The summed E-state index contributed by atoms with van der Waals surface area (Å²) in [6, 6.07) is 9.99. The summed E-state index contributed by atoms with van der Waals surface area (Å²) < 4.78 is 36.5. The lowest BCUT2D eigenvalue weighted by atomic mass is 10.1. The van der Waals surface area contributed by atoms with Crippen molar-refractivity contribution in [3.8, 4) is 0 Å². The van der Waals surface area contributed by atoms with Gasteiger partial charge in [-0.15, -0.1) is 0 Å². The first-order chi connectivity index (χ1) is 16.2. The minimum absolute atomic E-state index is 0.0160. The number of benzene rings is 2. The van der Waals surface area contributed by atoms with Crippen LogP contribution >= 0.6 is 11.6 Å². The standard InChI is InChI=1S/C22H20ClFN6O3S/c1-34(32,33)16-5-2-14(3-6-16)11-27-29-22(31)30-9-8-20-17(12-30)21(26-13-25-20)28-15-4-7-19(24)18(23)10-15/h2-7,10-11,13H,8-9,12H2,1H3,(H,29,31)(H,25,26,28)/b27-11+. The van der Waals surface area contributed by atoms with E-state index < -0.39 is 21.7 Å². The van der Waals surface area contributed by atoms with Gasteiger partial charge in [-0.2, -0.15) is 5.10 Å². The molecule has 9 nitrogen and oxygen atoms in total. The maximum Gasteiger partial charge on any atom is 0.338 e. The first kappa shape index (κ1) is 23.6. The van der Waals surface area contributed by atoms with Gasteiger partial charge in [0.15, 0.2) is 9.84 Å². The van der Waals surface area contributed by atoms with Gasteiger partial charge in [0.2, 0.25) is 0 Å². The van der Waals surface area contributed by atoms with Gasteiger partial charge in [-0.3, -0.25) is 0 Å². The zero-order chi connectivity index (χ0) is 24.3. The van der Waals surface area contributed by atoms with E-state index in [1.165, 1.54) is 36.8 Å². The molecule has 2 amide bonds. The Bertz CT molecular complexity index is 1370. The highest BCUT2D eigenvalue weighted by Crippen LogP contribution is 2.27. The first-order valence-electron chi connectivity index (χ1n) is 10.1. The van der Waals surface area contributed by atoms with E-state index in [2.05, 4.69) is 25.8 Å². The number of rotatable bonds is 5. The average Bonchev–Trinajstić information content (AvgIpc) is 2.81. The third kappa shape index (κ3) is 5.49. The number of hydrazone groups is 1. The fourth-order valence-electron chi connectivity index (χ4n) is 3.37. The van der Waals surface area contributed by atoms with E-state index in [1.54, 1.807) is 23.1 Å². The summed E-state index contributed by atoms with van der Waals surface area (Å²) in [5.41, 5.74) is 5.22. The molecule has 12 heteroatoms. The minimum atomic E-state index is -3.28. The number of carbonyl (C=O) groups excluding carboxylic acids is 1. The SMILES string of the molecule is CS(=O)(=O)c1ccc(/C=N/NC(=O)N2CCc3ncnc(Nc4ccc(F)c(Cl)c4)c3C2)cc1. The zero-order valence-electron chi connectivity index (χ0n) is 18.0. The Morgan fingerprint density at radius 1 is 1.21 bits per heavy atom. The molecule has 2 heterocycles. The number of anilines is 2. The largest absolute Gasteiger partial charge is 0.340 e. The molecule has 2 N–H and O–H groups in total. The molecule has 34 heavy (non-hydrogen) atoms. The van der Waals surface area contributed by atoms with Crippen LogP contribution in [0.25, 0.3) is 0 Å². The van der Waals surface area contributed by atoms with Gasteiger partial charge < -0.3 is 10.2 Å². The summed E-state index contributed by atoms with van der Waals surface area (Å²) in [6.45, 7) is 0.689. The molecule has 0 spiro atoms. The molecular formula is C22H20ClFN6O3S. The van der Waals surface area contributed by atoms with Gasteiger partial charge in [-0.25, -0.2) is 33.0 Å². The summed E-state index contributed by atoms with van der Waals surface area (Å²) >= 11 is 5.86. The van der Waals surface area contributed by atoms with Crippen LogP contribution in [-0.2, 0) is 22.8 Å². The number of nitrogens with one attached hydrogen (secondary N) is 2. The molecule has 0 atom stereocenters. The van der Waals surface area contributed by atoms with Gasteiger partial charge in [-0.1, -0.05) is 23.7 Å². The number of sulfone groups is 1. The number of hydrogen-bond acceptors (Lipinski definition) is 7. The number of urea groups is 1. The number of fused-ring (bicyclic) bond motifs is 1. The van der Waals surface area contributed by atoms with Crippen molar-refractivity contribution in [2.45, 2.75) is 17.9 Å². The van der Waals surface area contributed by atoms with Crippen molar-refractivity contribution in [2.75, 3.05) is 18.1 Å². The number of amides is 2. The molecule has 176 valence electrons. The lowest BCUT2D eigenvalue weighted by Gasteiger charge is -2.28. The van der Waals surface area contributed by atoms with Crippen molar-refractivity contribution in [1.29, 1.82) is 0 Å². The Kier molecular flexibility index (Phi) is 6.75. The maximum absolute atomic E-state index is 13.5. The molecule has 0 saturated carbocycles. The number of carbonyl (C=O) groups is 1. The Morgan fingerprint density at radius 2 is 1.97 bits per heavy atom. The summed E-state index contributed by atoms with van der Waals surface area (Å²) in [6.07, 6.45) is 4.52. The molecule has 3 aromatic rings. The highest BCUT2D eigenvalue weighted by Gasteiger charge is 2.24. The summed E-state index contributed by atoms with van der Waals surface area (Å²) in [5, 5.41) is 7.05. The quantitative estimate of drug-likeness (QED) is 0.407. The van der Waals surface area contributed by atoms with E-state index in [1.807, 2.05) is 0 Å². The monoisotopic (exact) mass is 502 g/mol. The second-order valence-electron chi connectivity index (χ2n) is 7.59. The van der Waals surface area contributed by atoms with Crippen LogP contribution in [0.15, 0.2) is 58.8 Å². The molecule has 0 bridgehead atoms. The molecular weight excluding hydrogens is 483 g/mol. The Labute approximate surface area is 200 Å². The predicted octanol–water partition coefficient (Wildman–Crippen LogP) is 3.52. The van der Waals surface area contributed by atoms with Gasteiger partial charge in [0.1, 0.15) is 18.0 Å².